The van der Waals surface area contributed by atoms with Gasteiger partial charge in [-0.25, -0.2) is 0 Å². The lowest BCUT2D eigenvalue weighted by molar-refractivity contribution is -0.151. The Balaban J connectivity index is 2.01. The SMILES string of the molecule is CC1(C)COCCN1C(=O)C1CCC(=O)NC1. The molecule has 0 radical (unpaired) electrons. The van der Waals surface area contributed by atoms with Crippen LogP contribution in [0, 0.1) is 5.92 Å². The minimum absolute atomic E-state index is 0.0512. The summed E-state index contributed by atoms with van der Waals surface area (Å²) in [4.78, 5) is 25.4. The van der Waals surface area contributed by atoms with Crippen molar-refractivity contribution in [3.05, 3.63) is 0 Å². The largest absolute Gasteiger partial charge is 0.377 e. The molecule has 5 heteroatoms. The average Bonchev–Trinajstić information content (AvgIpc) is 2.28. The Morgan fingerprint density at radius 2 is 2.29 bits per heavy atom. The van der Waals surface area contributed by atoms with E-state index in [9.17, 15) is 9.59 Å². The van der Waals surface area contributed by atoms with Crippen LogP contribution in [0.2, 0.25) is 0 Å². The molecule has 2 saturated heterocycles. The van der Waals surface area contributed by atoms with Crippen LogP contribution in [0.25, 0.3) is 0 Å². The number of nitrogens with zero attached hydrogens (tertiary/aromatic N) is 1. The van der Waals surface area contributed by atoms with Gasteiger partial charge in [0, 0.05) is 19.5 Å². The molecule has 96 valence electrons. The van der Waals surface area contributed by atoms with E-state index in [0.29, 0.717) is 39.1 Å². The van der Waals surface area contributed by atoms with Crippen LogP contribution in [-0.4, -0.2) is 48.6 Å². The number of nitrogens with one attached hydrogen (secondary N) is 1. The van der Waals surface area contributed by atoms with Gasteiger partial charge < -0.3 is 15.0 Å². The van der Waals surface area contributed by atoms with Crippen LogP contribution in [-0.2, 0) is 14.3 Å². The van der Waals surface area contributed by atoms with E-state index in [1.165, 1.54) is 0 Å². The lowest BCUT2D eigenvalue weighted by atomic mass is 9.94. The number of rotatable bonds is 1. The summed E-state index contributed by atoms with van der Waals surface area (Å²) in [5.74, 6) is 0.138. The molecular formula is C12H20N2O3. The summed E-state index contributed by atoms with van der Waals surface area (Å²) in [6.45, 7) is 6.35. The number of carbonyl (C=O) groups is 2. The second-order valence-electron chi connectivity index (χ2n) is 5.39. The zero-order valence-electron chi connectivity index (χ0n) is 10.5. The van der Waals surface area contributed by atoms with Crippen molar-refractivity contribution in [2.45, 2.75) is 32.2 Å². The Morgan fingerprint density at radius 1 is 1.53 bits per heavy atom. The lowest BCUT2D eigenvalue weighted by Gasteiger charge is -2.44. The summed E-state index contributed by atoms with van der Waals surface area (Å²) in [5, 5.41) is 2.76. The number of ether oxygens (including phenoxy) is 1. The maximum absolute atomic E-state index is 12.4. The molecular weight excluding hydrogens is 220 g/mol. The molecule has 2 heterocycles. The average molecular weight is 240 g/mol. The molecule has 2 amide bonds. The zero-order valence-corrected chi connectivity index (χ0v) is 10.5. The minimum Gasteiger partial charge on any atom is -0.377 e. The Labute approximate surface area is 101 Å². The number of amides is 2. The predicted molar refractivity (Wildman–Crippen MR) is 62.3 cm³/mol. The monoisotopic (exact) mass is 240 g/mol. The van der Waals surface area contributed by atoms with E-state index in [1.54, 1.807) is 0 Å². The number of hydrogen-bond acceptors (Lipinski definition) is 3. The van der Waals surface area contributed by atoms with Crippen LogP contribution in [0.4, 0.5) is 0 Å². The summed E-state index contributed by atoms with van der Waals surface area (Å²) in [7, 11) is 0. The molecule has 5 nitrogen and oxygen atoms in total. The van der Waals surface area contributed by atoms with E-state index >= 15 is 0 Å². The fraction of sp³-hybridized carbons (Fsp3) is 0.833. The molecule has 17 heavy (non-hydrogen) atoms. The highest BCUT2D eigenvalue weighted by molar-refractivity contribution is 5.84. The molecule has 2 aliphatic heterocycles. The van der Waals surface area contributed by atoms with Gasteiger partial charge in [0.2, 0.25) is 11.8 Å². The summed E-state index contributed by atoms with van der Waals surface area (Å²) in [5.41, 5.74) is -0.239. The van der Waals surface area contributed by atoms with Gasteiger partial charge in [-0.2, -0.15) is 0 Å². The van der Waals surface area contributed by atoms with E-state index in [-0.39, 0.29) is 23.3 Å². The fourth-order valence-electron chi connectivity index (χ4n) is 2.43. The van der Waals surface area contributed by atoms with Crippen molar-refractivity contribution in [1.82, 2.24) is 10.2 Å². The number of carbonyl (C=O) groups excluding carboxylic acids is 2. The van der Waals surface area contributed by atoms with Crippen LogP contribution in [0.1, 0.15) is 26.7 Å². The molecule has 0 aromatic heterocycles. The van der Waals surface area contributed by atoms with Gasteiger partial charge in [0.25, 0.3) is 0 Å². The molecule has 2 fully saturated rings. The Kier molecular flexibility index (Phi) is 3.38. The predicted octanol–water partition coefficient (Wildman–Crippen LogP) is 0.150. The molecule has 1 unspecified atom stereocenters. The van der Waals surface area contributed by atoms with E-state index in [2.05, 4.69) is 5.32 Å². The topological polar surface area (TPSA) is 58.6 Å². The third-order valence-electron chi connectivity index (χ3n) is 3.53. The summed E-state index contributed by atoms with van der Waals surface area (Å²) in [6, 6.07) is 0. The lowest BCUT2D eigenvalue weighted by Crippen LogP contribution is -2.58. The highest BCUT2D eigenvalue weighted by Gasteiger charge is 2.38. The standard InChI is InChI=1S/C12H20N2O3/c1-12(2)8-17-6-5-14(12)11(16)9-3-4-10(15)13-7-9/h9H,3-8H2,1-2H3,(H,13,15). The molecule has 1 atom stereocenters. The van der Waals surface area contributed by atoms with Gasteiger partial charge in [0.15, 0.2) is 0 Å². The van der Waals surface area contributed by atoms with Gasteiger partial charge in [-0.05, 0) is 20.3 Å². The van der Waals surface area contributed by atoms with Crippen molar-refractivity contribution >= 4 is 11.8 Å². The van der Waals surface area contributed by atoms with E-state index in [1.807, 2.05) is 18.7 Å². The molecule has 0 bridgehead atoms. The van der Waals surface area contributed by atoms with Crippen LogP contribution in [0.5, 0.6) is 0 Å². The molecule has 0 aliphatic carbocycles. The highest BCUT2D eigenvalue weighted by Crippen LogP contribution is 2.23. The molecule has 2 aliphatic rings. The highest BCUT2D eigenvalue weighted by atomic mass is 16.5. The molecule has 0 aromatic carbocycles. The van der Waals surface area contributed by atoms with Crippen LogP contribution >= 0.6 is 0 Å². The second kappa shape index (κ2) is 4.64. The van der Waals surface area contributed by atoms with Gasteiger partial charge in [0.1, 0.15) is 0 Å². The molecule has 0 spiro atoms. The van der Waals surface area contributed by atoms with E-state index < -0.39 is 0 Å². The molecule has 0 saturated carbocycles. The van der Waals surface area contributed by atoms with Crippen molar-refractivity contribution < 1.29 is 14.3 Å². The summed E-state index contributed by atoms with van der Waals surface area (Å²) >= 11 is 0. The molecule has 2 rings (SSSR count). The first-order valence-electron chi connectivity index (χ1n) is 6.16. The molecule has 0 aromatic rings. The fourth-order valence-corrected chi connectivity index (χ4v) is 2.43. The zero-order chi connectivity index (χ0) is 12.5. The first-order chi connectivity index (χ1) is 8.00. The van der Waals surface area contributed by atoms with Crippen LogP contribution in [0.3, 0.4) is 0 Å². The number of morpholine rings is 1. The number of piperidine rings is 1. The quantitative estimate of drug-likeness (QED) is 0.710. The third kappa shape index (κ3) is 2.60. The van der Waals surface area contributed by atoms with Gasteiger partial charge >= 0.3 is 0 Å². The number of hydrogen-bond donors (Lipinski definition) is 1. The first kappa shape index (κ1) is 12.4. The molecule has 1 N–H and O–H groups in total. The van der Waals surface area contributed by atoms with Gasteiger partial charge in [-0.3, -0.25) is 9.59 Å². The van der Waals surface area contributed by atoms with Gasteiger partial charge in [-0.15, -0.1) is 0 Å². The van der Waals surface area contributed by atoms with Crippen molar-refractivity contribution in [2.24, 2.45) is 5.92 Å². The Bertz CT molecular complexity index is 318. The smallest absolute Gasteiger partial charge is 0.228 e. The van der Waals surface area contributed by atoms with Crippen molar-refractivity contribution in [1.29, 1.82) is 0 Å². The minimum atomic E-state index is -0.239. The second-order valence-corrected chi connectivity index (χ2v) is 5.39. The van der Waals surface area contributed by atoms with Crippen molar-refractivity contribution in [2.75, 3.05) is 26.3 Å². The Hall–Kier alpha value is -1.10. The maximum Gasteiger partial charge on any atom is 0.228 e. The third-order valence-corrected chi connectivity index (χ3v) is 3.53. The van der Waals surface area contributed by atoms with Crippen LogP contribution in [0.15, 0.2) is 0 Å². The van der Waals surface area contributed by atoms with E-state index in [0.717, 1.165) is 0 Å². The summed E-state index contributed by atoms with van der Waals surface area (Å²) < 4.78 is 5.41. The Morgan fingerprint density at radius 3 is 2.88 bits per heavy atom. The van der Waals surface area contributed by atoms with Crippen molar-refractivity contribution in [3.63, 3.8) is 0 Å². The normalized spacial score (nSPS) is 28.7. The first-order valence-corrected chi connectivity index (χ1v) is 6.16. The van der Waals surface area contributed by atoms with Gasteiger partial charge in [-0.1, -0.05) is 0 Å². The van der Waals surface area contributed by atoms with Crippen LogP contribution < -0.4 is 5.32 Å². The summed E-state index contributed by atoms with van der Waals surface area (Å²) in [6.07, 6.45) is 1.12. The van der Waals surface area contributed by atoms with Crippen molar-refractivity contribution in [3.8, 4) is 0 Å². The van der Waals surface area contributed by atoms with Gasteiger partial charge in [0.05, 0.1) is 24.7 Å². The van der Waals surface area contributed by atoms with E-state index in [4.69, 9.17) is 4.74 Å². The maximum atomic E-state index is 12.4.